The molecule has 0 radical (unpaired) electrons. The van der Waals surface area contributed by atoms with Gasteiger partial charge in [-0.25, -0.2) is 0 Å². The van der Waals surface area contributed by atoms with Gasteiger partial charge in [-0.1, -0.05) is 30.3 Å². The van der Waals surface area contributed by atoms with Crippen molar-refractivity contribution in [3.63, 3.8) is 0 Å². The minimum absolute atomic E-state index is 0. The lowest BCUT2D eigenvalue weighted by atomic mass is 10.1. The maximum Gasteiger partial charge on any atom is 0.387 e. The van der Waals surface area contributed by atoms with E-state index in [4.69, 9.17) is 15.2 Å². The van der Waals surface area contributed by atoms with Gasteiger partial charge in [0.15, 0.2) is 11.5 Å². The highest BCUT2D eigenvalue weighted by molar-refractivity contribution is 5.85. The van der Waals surface area contributed by atoms with Crippen LogP contribution in [0.15, 0.2) is 42.5 Å². The van der Waals surface area contributed by atoms with Crippen molar-refractivity contribution < 1.29 is 27.8 Å². The molecule has 0 aliphatic carbocycles. The van der Waals surface area contributed by atoms with Gasteiger partial charge in [-0.2, -0.15) is 8.78 Å². The second kappa shape index (κ2) is 10.5. The molecule has 0 heterocycles. The number of primary amides is 1. The standard InChI is InChI=1S/C18H20F2N2O4.ClH/c1-24-13-8-11(9-14(25-2)16(13)26-18(19)20)10-22-15(17(21)23)12-6-4-3-5-7-12;/h3-9,15,18,22H,10H2,1-2H3,(H2,21,23);1H. The van der Waals surface area contributed by atoms with Crippen LogP contribution in [-0.4, -0.2) is 26.7 Å². The van der Waals surface area contributed by atoms with Gasteiger partial charge in [0.05, 0.1) is 14.2 Å². The molecule has 2 aromatic carbocycles. The first kappa shape index (κ1) is 22.5. The highest BCUT2D eigenvalue weighted by atomic mass is 35.5. The zero-order valence-electron chi connectivity index (χ0n) is 14.8. The summed E-state index contributed by atoms with van der Waals surface area (Å²) in [6.07, 6.45) is 0. The predicted molar refractivity (Wildman–Crippen MR) is 98.6 cm³/mol. The number of amides is 1. The lowest BCUT2D eigenvalue weighted by Crippen LogP contribution is -2.33. The van der Waals surface area contributed by atoms with E-state index >= 15 is 0 Å². The van der Waals surface area contributed by atoms with Crippen LogP contribution in [0.5, 0.6) is 17.2 Å². The number of carbonyl (C=O) groups is 1. The molecule has 0 spiro atoms. The van der Waals surface area contributed by atoms with E-state index in [1.807, 2.05) is 6.07 Å². The number of ether oxygens (including phenoxy) is 3. The van der Waals surface area contributed by atoms with Gasteiger partial charge in [0, 0.05) is 6.54 Å². The first-order valence-electron chi connectivity index (χ1n) is 7.73. The Labute approximate surface area is 162 Å². The summed E-state index contributed by atoms with van der Waals surface area (Å²) in [5.41, 5.74) is 6.83. The first-order valence-corrected chi connectivity index (χ1v) is 7.73. The van der Waals surface area contributed by atoms with Crippen molar-refractivity contribution in [2.24, 2.45) is 5.73 Å². The Kier molecular flexibility index (Phi) is 8.77. The third kappa shape index (κ3) is 5.97. The third-order valence-electron chi connectivity index (χ3n) is 3.66. The Balaban J connectivity index is 0.00000364. The molecular formula is C18H21ClF2N2O4. The quantitative estimate of drug-likeness (QED) is 0.673. The van der Waals surface area contributed by atoms with Crippen LogP contribution < -0.4 is 25.3 Å². The van der Waals surface area contributed by atoms with Crippen LogP contribution in [0.1, 0.15) is 17.2 Å². The summed E-state index contributed by atoms with van der Waals surface area (Å²) in [6, 6.07) is 11.3. The lowest BCUT2D eigenvalue weighted by molar-refractivity contribution is -0.120. The maximum absolute atomic E-state index is 12.6. The molecule has 0 aliphatic rings. The van der Waals surface area contributed by atoms with Gasteiger partial charge in [-0.05, 0) is 23.3 Å². The molecule has 2 aromatic rings. The van der Waals surface area contributed by atoms with E-state index in [1.54, 1.807) is 24.3 Å². The summed E-state index contributed by atoms with van der Waals surface area (Å²) < 4.78 is 39.9. The Bertz CT molecular complexity index is 722. The van der Waals surface area contributed by atoms with Crippen molar-refractivity contribution in [1.82, 2.24) is 5.32 Å². The molecule has 0 bridgehead atoms. The van der Waals surface area contributed by atoms with E-state index in [9.17, 15) is 13.6 Å². The number of hydrogen-bond donors (Lipinski definition) is 2. The number of alkyl halides is 2. The van der Waals surface area contributed by atoms with E-state index in [0.29, 0.717) is 5.56 Å². The van der Waals surface area contributed by atoms with E-state index in [1.165, 1.54) is 26.4 Å². The van der Waals surface area contributed by atoms with Crippen molar-refractivity contribution in [2.45, 2.75) is 19.2 Å². The molecule has 3 N–H and O–H groups in total. The fourth-order valence-electron chi connectivity index (χ4n) is 2.49. The summed E-state index contributed by atoms with van der Waals surface area (Å²) in [7, 11) is 2.67. The average Bonchev–Trinajstić information content (AvgIpc) is 2.62. The van der Waals surface area contributed by atoms with Crippen LogP contribution in [0.2, 0.25) is 0 Å². The summed E-state index contributed by atoms with van der Waals surface area (Å²) in [5, 5.41) is 3.04. The molecule has 2 rings (SSSR count). The number of benzene rings is 2. The molecule has 0 aromatic heterocycles. The normalized spacial score (nSPS) is 11.4. The van der Waals surface area contributed by atoms with Crippen molar-refractivity contribution in [2.75, 3.05) is 14.2 Å². The molecule has 1 atom stereocenters. The van der Waals surface area contributed by atoms with E-state index in [-0.39, 0.29) is 36.2 Å². The molecule has 0 saturated carbocycles. The fraction of sp³-hybridized carbons (Fsp3) is 0.278. The minimum atomic E-state index is -3.01. The van der Waals surface area contributed by atoms with Gasteiger partial charge >= 0.3 is 6.61 Å². The van der Waals surface area contributed by atoms with Crippen LogP contribution in [0, 0.1) is 0 Å². The smallest absolute Gasteiger partial charge is 0.387 e. The highest BCUT2D eigenvalue weighted by Crippen LogP contribution is 2.39. The summed E-state index contributed by atoms with van der Waals surface area (Å²) in [5.74, 6) is -0.537. The molecule has 9 heteroatoms. The molecule has 6 nitrogen and oxygen atoms in total. The SMILES string of the molecule is COc1cc(CNC(C(N)=O)c2ccccc2)cc(OC)c1OC(F)F.Cl. The number of nitrogens with two attached hydrogens (primary N) is 1. The lowest BCUT2D eigenvalue weighted by Gasteiger charge is -2.18. The largest absolute Gasteiger partial charge is 0.493 e. The Morgan fingerprint density at radius 1 is 1.11 bits per heavy atom. The van der Waals surface area contributed by atoms with Crippen LogP contribution in [0.4, 0.5) is 8.78 Å². The highest BCUT2D eigenvalue weighted by Gasteiger charge is 2.20. The predicted octanol–water partition coefficient (Wildman–Crippen LogP) is 3.04. The summed E-state index contributed by atoms with van der Waals surface area (Å²) >= 11 is 0. The number of hydrogen-bond acceptors (Lipinski definition) is 5. The Hall–Kier alpha value is -2.58. The van der Waals surface area contributed by atoms with Gasteiger partial charge in [0.25, 0.3) is 0 Å². The second-order valence-corrected chi connectivity index (χ2v) is 5.33. The van der Waals surface area contributed by atoms with Crippen LogP contribution in [-0.2, 0) is 11.3 Å². The number of rotatable bonds is 9. The molecule has 27 heavy (non-hydrogen) atoms. The van der Waals surface area contributed by atoms with Gasteiger partial charge < -0.3 is 19.9 Å². The van der Waals surface area contributed by atoms with Crippen LogP contribution >= 0.6 is 12.4 Å². The molecular weight excluding hydrogens is 382 g/mol. The second-order valence-electron chi connectivity index (χ2n) is 5.33. The zero-order chi connectivity index (χ0) is 19.1. The number of methoxy groups -OCH3 is 2. The number of nitrogens with one attached hydrogen (secondary N) is 1. The van der Waals surface area contributed by atoms with E-state index < -0.39 is 18.6 Å². The number of carbonyl (C=O) groups excluding carboxylic acids is 1. The van der Waals surface area contributed by atoms with Crippen molar-refractivity contribution in [3.05, 3.63) is 53.6 Å². The fourth-order valence-corrected chi connectivity index (χ4v) is 2.49. The zero-order valence-corrected chi connectivity index (χ0v) is 15.6. The van der Waals surface area contributed by atoms with Gasteiger partial charge in [-0.3, -0.25) is 10.1 Å². The van der Waals surface area contributed by atoms with Crippen LogP contribution in [0.3, 0.4) is 0 Å². The Morgan fingerprint density at radius 2 is 1.67 bits per heavy atom. The van der Waals surface area contributed by atoms with Crippen LogP contribution in [0.25, 0.3) is 0 Å². The first-order chi connectivity index (χ1) is 12.5. The minimum Gasteiger partial charge on any atom is -0.493 e. The van der Waals surface area contributed by atoms with Crippen molar-refractivity contribution >= 4 is 18.3 Å². The molecule has 1 amide bonds. The van der Waals surface area contributed by atoms with Crippen molar-refractivity contribution in [1.29, 1.82) is 0 Å². The topological polar surface area (TPSA) is 82.8 Å². The molecule has 0 aliphatic heterocycles. The molecule has 1 unspecified atom stereocenters. The molecule has 0 fully saturated rings. The van der Waals surface area contributed by atoms with E-state index in [0.717, 1.165) is 5.56 Å². The van der Waals surface area contributed by atoms with Gasteiger partial charge in [0.2, 0.25) is 11.7 Å². The van der Waals surface area contributed by atoms with Crippen molar-refractivity contribution in [3.8, 4) is 17.2 Å². The monoisotopic (exact) mass is 402 g/mol. The molecule has 148 valence electrons. The maximum atomic E-state index is 12.6. The van der Waals surface area contributed by atoms with Gasteiger partial charge in [-0.15, -0.1) is 12.4 Å². The number of halogens is 3. The van der Waals surface area contributed by atoms with E-state index in [2.05, 4.69) is 10.1 Å². The average molecular weight is 403 g/mol. The molecule has 0 saturated heterocycles. The Morgan fingerprint density at radius 3 is 2.11 bits per heavy atom. The summed E-state index contributed by atoms with van der Waals surface area (Å²) in [4.78, 5) is 11.7. The van der Waals surface area contributed by atoms with Gasteiger partial charge in [0.1, 0.15) is 6.04 Å². The summed E-state index contributed by atoms with van der Waals surface area (Å²) in [6.45, 7) is -2.79. The third-order valence-corrected chi connectivity index (χ3v) is 3.66.